The number of piperidine rings is 1. The lowest BCUT2D eigenvalue weighted by molar-refractivity contribution is -0.138. The molecule has 0 saturated carbocycles. The Morgan fingerprint density at radius 3 is 2.70 bits per heavy atom. The Hall–Kier alpha value is -1.95. The van der Waals surface area contributed by atoms with Gasteiger partial charge >= 0.3 is 5.97 Å². The molecule has 1 aromatic rings. The number of carboxylic acid groups (broad SMARTS) is 1. The third-order valence-electron chi connectivity index (χ3n) is 3.30. The molecule has 0 spiro atoms. The van der Waals surface area contributed by atoms with E-state index in [1.54, 1.807) is 6.07 Å². The van der Waals surface area contributed by atoms with Gasteiger partial charge < -0.3 is 9.84 Å². The number of aliphatic carboxylic acids is 1. The molecule has 0 aromatic heterocycles. The van der Waals surface area contributed by atoms with Crippen molar-refractivity contribution in [2.75, 3.05) is 19.6 Å². The Balaban J connectivity index is 1.87. The Labute approximate surface area is 116 Å². The van der Waals surface area contributed by atoms with Gasteiger partial charge in [-0.1, -0.05) is 0 Å². The third-order valence-corrected chi connectivity index (χ3v) is 3.30. The second kappa shape index (κ2) is 6.47. The number of rotatable bonds is 5. The number of carbonyl (C=O) groups excluding carboxylic acids is 1. The maximum absolute atomic E-state index is 13.4. The van der Waals surface area contributed by atoms with Gasteiger partial charge in [0.05, 0.1) is 12.1 Å². The summed E-state index contributed by atoms with van der Waals surface area (Å²) in [5.41, 5.74) is 0.00799. The molecule has 0 atom stereocenters. The lowest BCUT2D eigenvalue weighted by Gasteiger charge is -2.31. The SMILES string of the molecule is O=Cc1ccc(OC2CCN(CC(=O)O)CC2)cc1F. The predicted molar refractivity (Wildman–Crippen MR) is 69.5 cm³/mol. The minimum atomic E-state index is -0.837. The van der Waals surface area contributed by atoms with E-state index in [0.29, 0.717) is 38.0 Å². The molecule has 0 aliphatic carbocycles. The van der Waals surface area contributed by atoms with Crippen LogP contribution in [0.25, 0.3) is 0 Å². The summed E-state index contributed by atoms with van der Waals surface area (Å²) in [4.78, 5) is 23.0. The first kappa shape index (κ1) is 14.5. The number of benzene rings is 1. The molecule has 0 unspecified atom stereocenters. The minimum Gasteiger partial charge on any atom is -0.490 e. The highest BCUT2D eigenvalue weighted by Gasteiger charge is 2.22. The second-order valence-electron chi connectivity index (χ2n) is 4.79. The largest absolute Gasteiger partial charge is 0.490 e. The van der Waals surface area contributed by atoms with Crippen molar-refractivity contribution in [1.82, 2.24) is 4.90 Å². The average molecular weight is 281 g/mol. The van der Waals surface area contributed by atoms with E-state index in [4.69, 9.17) is 9.84 Å². The maximum Gasteiger partial charge on any atom is 0.317 e. The van der Waals surface area contributed by atoms with Crippen LogP contribution < -0.4 is 4.74 Å². The van der Waals surface area contributed by atoms with Crippen molar-refractivity contribution >= 4 is 12.3 Å². The number of likely N-dealkylation sites (tertiary alicyclic amines) is 1. The number of carbonyl (C=O) groups is 2. The third kappa shape index (κ3) is 3.77. The molecule has 0 amide bonds. The van der Waals surface area contributed by atoms with E-state index >= 15 is 0 Å². The number of ether oxygens (including phenoxy) is 1. The molecule has 1 aliphatic heterocycles. The van der Waals surface area contributed by atoms with Crippen LogP contribution in [0, 0.1) is 5.82 Å². The standard InChI is InChI=1S/C14H16FNO4/c15-13-7-12(2-1-10(13)9-17)20-11-3-5-16(6-4-11)8-14(18)19/h1-2,7,9,11H,3-6,8H2,(H,18,19). The van der Waals surface area contributed by atoms with Gasteiger partial charge in [-0.25, -0.2) is 4.39 Å². The summed E-state index contributed by atoms with van der Waals surface area (Å²) in [6.07, 6.45) is 1.81. The molecule has 108 valence electrons. The van der Waals surface area contributed by atoms with Gasteiger partial charge in [0.1, 0.15) is 17.7 Å². The van der Waals surface area contributed by atoms with Crippen LogP contribution in [0.5, 0.6) is 5.75 Å². The lowest BCUT2D eigenvalue weighted by atomic mass is 10.1. The molecule has 1 fully saturated rings. The molecule has 1 heterocycles. The average Bonchev–Trinajstić information content (AvgIpc) is 2.41. The fourth-order valence-corrected chi connectivity index (χ4v) is 2.25. The van der Waals surface area contributed by atoms with E-state index in [2.05, 4.69) is 0 Å². The Morgan fingerprint density at radius 2 is 2.15 bits per heavy atom. The van der Waals surface area contributed by atoms with Crippen molar-refractivity contribution in [3.8, 4) is 5.75 Å². The zero-order valence-electron chi connectivity index (χ0n) is 10.9. The molecule has 1 N–H and O–H groups in total. The van der Waals surface area contributed by atoms with Gasteiger partial charge in [-0.2, -0.15) is 0 Å². The summed E-state index contributed by atoms with van der Waals surface area (Å²) in [6.45, 7) is 1.33. The van der Waals surface area contributed by atoms with Crippen LogP contribution >= 0.6 is 0 Å². The van der Waals surface area contributed by atoms with Crippen LogP contribution in [-0.2, 0) is 4.79 Å². The summed E-state index contributed by atoms with van der Waals surface area (Å²) in [5.74, 6) is -1.04. The Bertz CT molecular complexity index is 498. The smallest absolute Gasteiger partial charge is 0.317 e. The molecule has 6 heteroatoms. The zero-order valence-corrected chi connectivity index (χ0v) is 10.9. The van der Waals surface area contributed by atoms with Crippen molar-refractivity contribution in [1.29, 1.82) is 0 Å². The van der Waals surface area contributed by atoms with Gasteiger partial charge in [0.25, 0.3) is 0 Å². The molecular weight excluding hydrogens is 265 g/mol. The number of carboxylic acids is 1. The number of hydrogen-bond acceptors (Lipinski definition) is 4. The molecule has 1 saturated heterocycles. The van der Waals surface area contributed by atoms with Crippen molar-refractivity contribution < 1.29 is 23.8 Å². The van der Waals surface area contributed by atoms with Gasteiger partial charge in [-0.05, 0) is 25.0 Å². The van der Waals surface area contributed by atoms with Crippen molar-refractivity contribution in [3.05, 3.63) is 29.6 Å². The number of nitrogens with zero attached hydrogens (tertiary/aromatic N) is 1. The number of hydrogen-bond donors (Lipinski definition) is 1. The molecule has 20 heavy (non-hydrogen) atoms. The van der Waals surface area contributed by atoms with Crippen molar-refractivity contribution in [2.45, 2.75) is 18.9 Å². The molecule has 5 nitrogen and oxygen atoms in total. The lowest BCUT2D eigenvalue weighted by Crippen LogP contribution is -2.40. The summed E-state index contributed by atoms with van der Waals surface area (Å²) in [5, 5.41) is 8.70. The van der Waals surface area contributed by atoms with Crippen LogP contribution in [0.3, 0.4) is 0 Å². The number of aldehydes is 1. The molecular formula is C14H16FNO4. The topological polar surface area (TPSA) is 66.8 Å². The monoisotopic (exact) mass is 281 g/mol. The Kier molecular flexibility index (Phi) is 4.68. The van der Waals surface area contributed by atoms with E-state index < -0.39 is 11.8 Å². The maximum atomic E-state index is 13.4. The van der Waals surface area contributed by atoms with E-state index in [-0.39, 0.29) is 18.2 Å². The fourth-order valence-electron chi connectivity index (χ4n) is 2.25. The van der Waals surface area contributed by atoms with Gasteiger partial charge in [0.15, 0.2) is 6.29 Å². The molecule has 1 aliphatic rings. The van der Waals surface area contributed by atoms with E-state index in [0.717, 1.165) is 0 Å². The first-order chi connectivity index (χ1) is 9.58. The van der Waals surface area contributed by atoms with Crippen molar-refractivity contribution in [2.24, 2.45) is 0 Å². The zero-order chi connectivity index (χ0) is 14.5. The summed E-state index contributed by atoms with van der Waals surface area (Å²) in [6, 6.07) is 4.15. The highest BCUT2D eigenvalue weighted by atomic mass is 19.1. The van der Waals surface area contributed by atoms with Gasteiger partial charge in [0.2, 0.25) is 0 Å². The van der Waals surface area contributed by atoms with Crippen LogP contribution in [0.2, 0.25) is 0 Å². The summed E-state index contributed by atoms with van der Waals surface area (Å²) >= 11 is 0. The van der Waals surface area contributed by atoms with Crippen LogP contribution in [-0.4, -0.2) is 48.0 Å². The first-order valence-corrected chi connectivity index (χ1v) is 6.44. The van der Waals surface area contributed by atoms with E-state index in [9.17, 15) is 14.0 Å². The van der Waals surface area contributed by atoms with Crippen LogP contribution in [0.4, 0.5) is 4.39 Å². The predicted octanol–water partition coefficient (Wildman–Crippen LogP) is 1.57. The minimum absolute atomic E-state index is 0.00799. The van der Waals surface area contributed by atoms with E-state index in [1.807, 2.05) is 4.90 Å². The first-order valence-electron chi connectivity index (χ1n) is 6.44. The highest BCUT2D eigenvalue weighted by Crippen LogP contribution is 2.21. The van der Waals surface area contributed by atoms with Crippen molar-refractivity contribution in [3.63, 3.8) is 0 Å². The summed E-state index contributed by atoms with van der Waals surface area (Å²) < 4.78 is 19.1. The molecule has 2 rings (SSSR count). The Morgan fingerprint density at radius 1 is 1.45 bits per heavy atom. The van der Waals surface area contributed by atoms with Gasteiger partial charge in [-0.15, -0.1) is 0 Å². The fraction of sp³-hybridized carbons (Fsp3) is 0.429. The normalized spacial score (nSPS) is 16.9. The van der Waals surface area contributed by atoms with Gasteiger partial charge in [-0.3, -0.25) is 14.5 Å². The molecule has 1 aromatic carbocycles. The van der Waals surface area contributed by atoms with Crippen LogP contribution in [0.1, 0.15) is 23.2 Å². The quantitative estimate of drug-likeness (QED) is 0.830. The molecule has 0 radical (unpaired) electrons. The van der Waals surface area contributed by atoms with E-state index in [1.165, 1.54) is 12.1 Å². The summed E-state index contributed by atoms with van der Waals surface area (Å²) in [7, 11) is 0. The van der Waals surface area contributed by atoms with Gasteiger partial charge in [0, 0.05) is 19.2 Å². The van der Waals surface area contributed by atoms with Crippen LogP contribution in [0.15, 0.2) is 18.2 Å². The number of halogens is 1. The highest BCUT2D eigenvalue weighted by molar-refractivity contribution is 5.75. The molecule has 0 bridgehead atoms. The second-order valence-corrected chi connectivity index (χ2v) is 4.79.